The molecule has 2 atom stereocenters. The molecule has 2 unspecified atom stereocenters. The van der Waals surface area contributed by atoms with Crippen LogP contribution >= 0.6 is 0 Å². The van der Waals surface area contributed by atoms with Crippen molar-refractivity contribution in [1.29, 1.82) is 0 Å². The van der Waals surface area contributed by atoms with E-state index in [-0.39, 0.29) is 29.2 Å². The van der Waals surface area contributed by atoms with Gasteiger partial charge < -0.3 is 5.32 Å². The van der Waals surface area contributed by atoms with Gasteiger partial charge in [0.05, 0.1) is 11.7 Å². The van der Waals surface area contributed by atoms with Crippen molar-refractivity contribution in [2.45, 2.75) is 25.4 Å². The van der Waals surface area contributed by atoms with Crippen molar-refractivity contribution in [3.8, 4) is 0 Å². The number of hydrogen-bond acceptors (Lipinski definition) is 3. The van der Waals surface area contributed by atoms with Gasteiger partial charge in [0, 0.05) is 24.8 Å². The van der Waals surface area contributed by atoms with Crippen molar-refractivity contribution in [1.82, 2.24) is 15.2 Å². The molecule has 1 aromatic heterocycles. The van der Waals surface area contributed by atoms with Crippen molar-refractivity contribution in [2.24, 2.45) is 5.92 Å². The fourth-order valence-electron chi connectivity index (χ4n) is 4.25. The Morgan fingerprint density at radius 3 is 2.61 bits per heavy atom. The number of amides is 1. The number of nitrogens with zero attached hydrogens (tertiary/aromatic N) is 2. The summed E-state index contributed by atoms with van der Waals surface area (Å²) in [4.78, 5) is 19.6. The van der Waals surface area contributed by atoms with Crippen LogP contribution in [0.25, 0.3) is 0 Å². The van der Waals surface area contributed by atoms with Gasteiger partial charge in [0.2, 0.25) is 0 Å². The fraction of sp³-hybridized carbons (Fsp3) is 0.280. The largest absolute Gasteiger partial charge is 0.343 e. The zero-order chi connectivity index (χ0) is 21.6. The molecule has 1 aliphatic heterocycles. The molecule has 2 aromatic carbocycles. The van der Waals surface area contributed by atoms with Crippen molar-refractivity contribution >= 4 is 5.91 Å². The first-order valence-electron chi connectivity index (χ1n) is 10.5. The first kappa shape index (κ1) is 21.1. The number of benzene rings is 2. The van der Waals surface area contributed by atoms with Gasteiger partial charge in [-0.25, -0.2) is 8.78 Å². The van der Waals surface area contributed by atoms with E-state index in [1.165, 1.54) is 24.3 Å². The summed E-state index contributed by atoms with van der Waals surface area (Å²) in [7, 11) is 0. The molecule has 160 valence electrons. The molecule has 1 saturated heterocycles. The molecule has 6 heteroatoms. The van der Waals surface area contributed by atoms with Gasteiger partial charge in [0.1, 0.15) is 11.6 Å². The second-order valence-corrected chi connectivity index (χ2v) is 7.98. The molecule has 1 fully saturated rings. The Hall–Kier alpha value is -3.12. The molecule has 1 amide bonds. The molecule has 0 saturated carbocycles. The molecule has 0 aliphatic carbocycles. The quantitative estimate of drug-likeness (QED) is 0.625. The highest BCUT2D eigenvalue weighted by Gasteiger charge is 2.30. The lowest BCUT2D eigenvalue weighted by atomic mass is 9.88. The third-order valence-corrected chi connectivity index (χ3v) is 5.69. The van der Waals surface area contributed by atoms with Gasteiger partial charge in [0.25, 0.3) is 5.91 Å². The van der Waals surface area contributed by atoms with E-state index >= 15 is 0 Å². The number of rotatable bonds is 6. The van der Waals surface area contributed by atoms with E-state index in [1.807, 2.05) is 24.3 Å². The Labute approximate surface area is 180 Å². The number of hydrogen-bond donors (Lipinski definition) is 1. The van der Waals surface area contributed by atoms with E-state index in [1.54, 1.807) is 24.4 Å². The Bertz CT molecular complexity index is 1030. The van der Waals surface area contributed by atoms with Crippen molar-refractivity contribution < 1.29 is 13.6 Å². The first-order valence-corrected chi connectivity index (χ1v) is 10.5. The number of likely N-dealkylation sites (tertiary alicyclic amines) is 1. The molecule has 0 bridgehead atoms. The molecule has 0 spiro atoms. The van der Waals surface area contributed by atoms with Gasteiger partial charge >= 0.3 is 0 Å². The zero-order valence-electron chi connectivity index (χ0n) is 17.2. The lowest BCUT2D eigenvalue weighted by molar-refractivity contribution is 0.0874. The van der Waals surface area contributed by atoms with Crippen molar-refractivity contribution in [3.05, 3.63) is 101 Å². The third-order valence-electron chi connectivity index (χ3n) is 5.69. The van der Waals surface area contributed by atoms with Crippen LogP contribution in [0, 0.1) is 17.6 Å². The highest BCUT2D eigenvalue weighted by atomic mass is 19.1. The number of halogens is 2. The summed E-state index contributed by atoms with van der Waals surface area (Å²) in [5.41, 5.74) is 2.00. The van der Waals surface area contributed by atoms with E-state index in [4.69, 9.17) is 0 Å². The Morgan fingerprint density at radius 2 is 1.87 bits per heavy atom. The predicted octanol–water partition coefficient (Wildman–Crippen LogP) is 4.74. The number of carbonyl (C=O) groups excluding carboxylic acids is 1. The maximum absolute atomic E-state index is 13.6. The molecule has 2 heterocycles. The molecule has 4 rings (SSSR count). The molecule has 31 heavy (non-hydrogen) atoms. The lowest BCUT2D eigenvalue weighted by Gasteiger charge is -2.37. The zero-order valence-corrected chi connectivity index (χ0v) is 17.2. The van der Waals surface area contributed by atoms with Crippen LogP contribution in [-0.2, 0) is 6.54 Å². The van der Waals surface area contributed by atoms with Gasteiger partial charge in [-0.2, -0.15) is 0 Å². The summed E-state index contributed by atoms with van der Waals surface area (Å²) in [6.07, 6.45) is 3.62. The SMILES string of the molecule is O=C(NC(c1ccccn1)C1CCCN(Cc2cccc(F)c2)C1)c1cccc(F)c1. The van der Waals surface area contributed by atoms with Gasteiger partial charge in [-0.05, 0) is 73.3 Å². The van der Waals surface area contributed by atoms with Gasteiger partial charge in [-0.3, -0.25) is 14.7 Å². The van der Waals surface area contributed by atoms with Crippen LogP contribution in [0.4, 0.5) is 8.78 Å². The highest BCUT2D eigenvalue weighted by Crippen LogP contribution is 2.30. The molecule has 3 aromatic rings. The summed E-state index contributed by atoms with van der Waals surface area (Å²) in [5.74, 6) is -0.868. The van der Waals surface area contributed by atoms with E-state index in [0.717, 1.165) is 37.2 Å². The first-order chi connectivity index (χ1) is 15.1. The van der Waals surface area contributed by atoms with E-state index in [9.17, 15) is 13.6 Å². The Morgan fingerprint density at radius 1 is 1.06 bits per heavy atom. The molecule has 1 aliphatic rings. The van der Waals surface area contributed by atoms with Crippen LogP contribution < -0.4 is 5.32 Å². The predicted molar refractivity (Wildman–Crippen MR) is 115 cm³/mol. The smallest absolute Gasteiger partial charge is 0.251 e. The van der Waals surface area contributed by atoms with Crippen LogP contribution in [-0.4, -0.2) is 28.9 Å². The highest BCUT2D eigenvalue weighted by molar-refractivity contribution is 5.94. The minimum atomic E-state index is -0.444. The van der Waals surface area contributed by atoms with Crippen molar-refractivity contribution in [3.63, 3.8) is 0 Å². The Balaban J connectivity index is 1.52. The molecule has 1 N–H and O–H groups in total. The van der Waals surface area contributed by atoms with Crippen LogP contribution in [0.2, 0.25) is 0 Å². The number of piperidine rings is 1. The summed E-state index contributed by atoms with van der Waals surface area (Å²) in [6.45, 7) is 2.32. The minimum Gasteiger partial charge on any atom is -0.343 e. The minimum absolute atomic E-state index is 0.134. The average molecular weight is 421 g/mol. The summed E-state index contributed by atoms with van der Waals surface area (Å²) >= 11 is 0. The molecule has 4 nitrogen and oxygen atoms in total. The van der Waals surface area contributed by atoms with Gasteiger partial charge in [-0.15, -0.1) is 0 Å². The standard InChI is InChI=1S/C25H25F2N3O/c26-21-9-3-6-18(14-21)16-30-13-5-8-20(17-30)24(23-11-1-2-12-28-23)29-25(31)19-7-4-10-22(27)15-19/h1-4,6-7,9-12,14-15,20,24H,5,8,13,16-17H2,(H,29,31). The lowest BCUT2D eigenvalue weighted by Crippen LogP contribution is -2.43. The van der Waals surface area contributed by atoms with E-state index < -0.39 is 5.82 Å². The number of carbonyl (C=O) groups is 1. The maximum atomic E-state index is 13.6. The van der Waals surface area contributed by atoms with E-state index in [2.05, 4.69) is 15.2 Å². The monoisotopic (exact) mass is 421 g/mol. The summed E-state index contributed by atoms with van der Waals surface area (Å²) < 4.78 is 27.2. The van der Waals surface area contributed by atoms with Gasteiger partial charge in [0.15, 0.2) is 0 Å². The number of nitrogens with one attached hydrogen (secondary N) is 1. The van der Waals surface area contributed by atoms with E-state index in [0.29, 0.717) is 6.54 Å². The topological polar surface area (TPSA) is 45.2 Å². The molecular weight excluding hydrogens is 396 g/mol. The Kier molecular flexibility index (Phi) is 6.67. The second-order valence-electron chi connectivity index (χ2n) is 7.98. The number of pyridine rings is 1. The second kappa shape index (κ2) is 9.79. The van der Waals surface area contributed by atoms with Crippen LogP contribution in [0.15, 0.2) is 72.9 Å². The van der Waals surface area contributed by atoms with Gasteiger partial charge in [-0.1, -0.05) is 24.3 Å². The number of aromatic nitrogens is 1. The fourth-order valence-corrected chi connectivity index (χ4v) is 4.25. The summed E-state index contributed by atoms with van der Waals surface area (Å²) in [5, 5.41) is 3.09. The average Bonchev–Trinajstić information content (AvgIpc) is 2.78. The van der Waals surface area contributed by atoms with Crippen LogP contribution in [0.1, 0.15) is 40.5 Å². The van der Waals surface area contributed by atoms with Crippen LogP contribution in [0.5, 0.6) is 0 Å². The van der Waals surface area contributed by atoms with Crippen molar-refractivity contribution in [2.75, 3.05) is 13.1 Å². The molecular formula is C25H25F2N3O. The normalized spacial score (nSPS) is 17.8. The third kappa shape index (κ3) is 5.52. The summed E-state index contributed by atoms with van der Waals surface area (Å²) in [6, 6.07) is 17.7. The van der Waals surface area contributed by atoms with Crippen LogP contribution in [0.3, 0.4) is 0 Å². The molecule has 0 radical (unpaired) electrons. The maximum Gasteiger partial charge on any atom is 0.251 e.